The van der Waals surface area contributed by atoms with Crippen LogP contribution in [0.25, 0.3) is 0 Å². The van der Waals surface area contributed by atoms with Crippen molar-refractivity contribution in [3.05, 3.63) is 35.1 Å². The average molecular weight is 320 g/mol. The third kappa shape index (κ3) is 2.78. The van der Waals surface area contributed by atoms with E-state index in [1.807, 2.05) is 13.0 Å². The first-order valence-corrected chi connectivity index (χ1v) is 7.86. The maximum Gasteiger partial charge on any atom is 0.317 e. The molecule has 1 saturated heterocycles. The minimum absolute atomic E-state index is 0.168. The van der Waals surface area contributed by atoms with Crippen LogP contribution in [0.2, 0.25) is 0 Å². The van der Waals surface area contributed by atoms with E-state index < -0.39 is 5.41 Å². The summed E-state index contributed by atoms with van der Waals surface area (Å²) in [6, 6.07) is 4.60. The molecule has 1 aromatic rings. The Morgan fingerprint density at radius 3 is 2.96 bits per heavy atom. The Bertz CT molecular complexity index is 649. The highest BCUT2D eigenvalue weighted by Crippen LogP contribution is 2.34. The summed E-state index contributed by atoms with van der Waals surface area (Å²) in [5, 5.41) is 2.97. The molecule has 1 aliphatic heterocycles. The van der Waals surface area contributed by atoms with Gasteiger partial charge in [-0.3, -0.25) is 4.79 Å². The first-order chi connectivity index (χ1) is 10.9. The molecule has 1 fully saturated rings. The maximum atomic E-state index is 13.8. The fourth-order valence-corrected chi connectivity index (χ4v) is 3.55. The number of urea groups is 1. The van der Waals surface area contributed by atoms with Crippen molar-refractivity contribution in [2.45, 2.75) is 32.2 Å². The van der Waals surface area contributed by atoms with E-state index in [1.165, 1.54) is 13.2 Å². The second-order valence-corrected chi connectivity index (χ2v) is 6.57. The molecule has 1 aromatic carbocycles. The molecule has 1 aliphatic carbocycles. The normalized spacial score (nSPS) is 26.0. The highest BCUT2D eigenvalue weighted by Gasteiger charge is 2.43. The Hall–Kier alpha value is -2.11. The van der Waals surface area contributed by atoms with Gasteiger partial charge in [0.2, 0.25) is 0 Å². The quantitative estimate of drug-likeness (QED) is 0.851. The molecule has 1 N–H and O–H groups in total. The molecular formula is C17H21FN2O3. The van der Waals surface area contributed by atoms with Crippen molar-refractivity contribution in [2.75, 3.05) is 20.2 Å². The summed E-state index contributed by atoms with van der Waals surface area (Å²) in [6.07, 6.45) is 1.92. The van der Waals surface area contributed by atoms with Crippen LogP contribution < -0.4 is 5.32 Å². The van der Waals surface area contributed by atoms with Gasteiger partial charge in [0.1, 0.15) is 5.82 Å². The SMILES string of the molecule is COC(=O)[C@@]1(C)CCN(C(=O)N[C@H]2CCc3c(F)cccc32)C1. The monoisotopic (exact) mass is 320 g/mol. The lowest BCUT2D eigenvalue weighted by molar-refractivity contribution is -0.150. The molecule has 23 heavy (non-hydrogen) atoms. The zero-order chi connectivity index (χ0) is 16.6. The number of hydrogen-bond donors (Lipinski definition) is 1. The van der Waals surface area contributed by atoms with Crippen LogP contribution >= 0.6 is 0 Å². The fourth-order valence-electron chi connectivity index (χ4n) is 3.55. The maximum absolute atomic E-state index is 13.8. The number of carbonyl (C=O) groups excluding carboxylic acids is 2. The minimum atomic E-state index is -0.647. The molecule has 2 amide bonds. The first-order valence-electron chi connectivity index (χ1n) is 7.86. The van der Waals surface area contributed by atoms with E-state index in [9.17, 15) is 14.0 Å². The number of methoxy groups -OCH3 is 1. The molecule has 0 unspecified atom stereocenters. The van der Waals surface area contributed by atoms with Crippen molar-refractivity contribution in [3.63, 3.8) is 0 Å². The van der Waals surface area contributed by atoms with Crippen LogP contribution in [0.5, 0.6) is 0 Å². The number of fused-ring (bicyclic) bond motifs is 1. The van der Waals surface area contributed by atoms with Crippen molar-refractivity contribution in [1.82, 2.24) is 10.2 Å². The lowest BCUT2D eigenvalue weighted by atomic mass is 9.90. The van der Waals surface area contributed by atoms with Crippen LogP contribution in [0.1, 0.15) is 36.9 Å². The van der Waals surface area contributed by atoms with Crippen LogP contribution in [0.15, 0.2) is 18.2 Å². The zero-order valence-electron chi connectivity index (χ0n) is 13.4. The van der Waals surface area contributed by atoms with E-state index in [2.05, 4.69) is 5.32 Å². The lowest BCUT2D eigenvalue weighted by Crippen LogP contribution is -2.42. The Labute approximate surface area is 134 Å². The fraction of sp³-hybridized carbons (Fsp3) is 0.529. The van der Waals surface area contributed by atoms with Crippen LogP contribution in [0.3, 0.4) is 0 Å². The molecule has 0 saturated carbocycles. The van der Waals surface area contributed by atoms with E-state index in [0.717, 1.165) is 5.56 Å². The van der Waals surface area contributed by atoms with Crippen molar-refractivity contribution >= 4 is 12.0 Å². The lowest BCUT2D eigenvalue weighted by Gasteiger charge is -2.24. The number of likely N-dealkylation sites (tertiary alicyclic amines) is 1. The third-order valence-electron chi connectivity index (χ3n) is 4.95. The van der Waals surface area contributed by atoms with Gasteiger partial charge in [0, 0.05) is 13.1 Å². The van der Waals surface area contributed by atoms with Gasteiger partial charge >= 0.3 is 12.0 Å². The van der Waals surface area contributed by atoms with Gasteiger partial charge in [-0.2, -0.15) is 0 Å². The highest BCUT2D eigenvalue weighted by molar-refractivity contribution is 5.80. The number of nitrogens with one attached hydrogen (secondary N) is 1. The molecule has 1 heterocycles. The number of nitrogens with zero attached hydrogens (tertiary/aromatic N) is 1. The van der Waals surface area contributed by atoms with Gasteiger partial charge in [0.05, 0.1) is 18.6 Å². The second kappa shape index (κ2) is 5.83. The molecule has 124 valence electrons. The van der Waals surface area contributed by atoms with E-state index >= 15 is 0 Å². The number of halogens is 1. The van der Waals surface area contributed by atoms with Gasteiger partial charge in [-0.15, -0.1) is 0 Å². The molecule has 0 radical (unpaired) electrons. The number of esters is 1. The molecule has 0 bridgehead atoms. The predicted octanol–water partition coefficient (Wildman–Crippen LogP) is 2.41. The van der Waals surface area contributed by atoms with E-state index in [4.69, 9.17) is 4.74 Å². The summed E-state index contributed by atoms with van der Waals surface area (Å²) in [5.74, 6) is -0.500. The molecule has 0 aromatic heterocycles. The summed E-state index contributed by atoms with van der Waals surface area (Å²) < 4.78 is 18.6. The number of benzene rings is 1. The van der Waals surface area contributed by atoms with E-state index in [-0.39, 0.29) is 23.9 Å². The van der Waals surface area contributed by atoms with Gasteiger partial charge in [-0.1, -0.05) is 12.1 Å². The largest absolute Gasteiger partial charge is 0.469 e. The van der Waals surface area contributed by atoms with Crippen LogP contribution in [-0.2, 0) is 16.0 Å². The standard InChI is InChI=1S/C17H21FN2O3/c1-17(15(21)23-2)8-9-20(10-17)16(22)19-14-7-6-11-12(14)4-3-5-13(11)18/h3-5,14H,6-10H2,1-2H3,(H,19,22)/t14-,17-/m0/s1. The predicted molar refractivity (Wildman–Crippen MR) is 82.3 cm³/mol. The van der Waals surface area contributed by atoms with E-state index in [0.29, 0.717) is 37.9 Å². The summed E-state index contributed by atoms with van der Waals surface area (Å²) >= 11 is 0. The number of hydrogen-bond acceptors (Lipinski definition) is 3. The first kappa shape index (κ1) is 15.8. The Balaban J connectivity index is 1.66. The van der Waals surface area contributed by atoms with Gasteiger partial charge in [-0.25, -0.2) is 9.18 Å². The number of ether oxygens (including phenoxy) is 1. The topological polar surface area (TPSA) is 58.6 Å². The second-order valence-electron chi connectivity index (χ2n) is 6.57. The molecular weight excluding hydrogens is 299 g/mol. The Kier molecular flexibility index (Phi) is 4.00. The van der Waals surface area contributed by atoms with Crippen LogP contribution in [-0.4, -0.2) is 37.1 Å². The van der Waals surface area contributed by atoms with Gasteiger partial charge in [0.25, 0.3) is 0 Å². The smallest absolute Gasteiger partial charge is 0.317 e. The zero-order valence-corrected chi connectivity index (χ0v) is 13.4. The molecule has 2 atom stereocenters. The Morgan fingerprint density at radius 2 is 2.22 bits per heavy atom. The van der Waals surface area contributed by atoms with Crippen molar-refractivity contribution in [2.24, 2.45) is 5.41 Å². The van der Waals surface area contributed by atoms with Gasteiger partial charge in [0.15, 0.2) is 0 Å². The van der Waals surface area contributed by atoms with Crippen LogP contribution in [0.4, 0.5) is 9.18 Å². The van der Waals surface area contributed by atoms with Crippen molar-refractivity contribution < 1.29 is 18.7 Å². The average Bonchev–Trinajstić information content (AvgIpc) is 3.13. The summed E-state index contributed by atoms with van der Waals surface area (Å²) in [6.45, 7) is 2.67. The molecule has 6 heteroatoms. The highest BCUT2D eigenvalue weighted by atomic mass is 19.1. The van der Waals surface area contributed by atoms with Gasteiger partial charge < -0.3 is 15.0 Å². The number of rotatable bonds is 2. The number of carbonyl (C=O) groups is 2. The summed E-state index contributed by atoms with van der Waals surface area (Å²) in [5.41, 5.74) is 0.901. The van der Waals surface area contributed by atoms with Crippen LogP contribution in [0, 0.1) is 11.2 Å². The molecule has 3 rings (SSSR count). The Morgan fingerprint density at radius 1 is 1.43 bits per heavy atom. The van der Waals surface area contributed by atoms with E-state index in [1.54, 1.807) is 11.0 Å². The minimum Gasteiger partial charge on any atom is -0.469 e. The summed E-state index contributed by atoms with van der Waals surface area (Å²) in [4.78, 5) is 25.9. The van der Waals surface area contributed by atoms with Crippen molar-refractivity contribution in [1.29, 1.82) is 0 Å². The third-order valence-corrected chi connectivity index (χ3v) is 4.95. The molecule has 2 aliphatic rings. The number of amides is 2. The summed E-state index contributed by atoms with van der Waals surface area (Å²) in [7, 11) is 1.36. The molecule has 5 nitrogen and oxygen atoms in total. The molecule has 0 spiro atoms. The van der Waals surface area contributed by atoms with Gasteiger partial charge in [-0.05, 0) is 43.4 Å². The van der Waals surface area contributed by atoms with Crippen molar-refractivity contribution in [3.8, 4) is 0 Å².